The van der Waals surface area contributed by atoms with Crippen molar-refractivity contribution in [2.45, 2.75) is 19.6 Å². The smallest absolute Gasteiger partial charge is 0.238 e. The molecular weight excluding hydrogens is 432 g/mol. The summed E-state index contributed by atoms with van der Waals surface area (Å²) in [5.74, 6) is -0.273. The van der Waals surface area contributed by atoms with Gasteiger partial charge in [-0.3, -0.25) is 4.79 Å². The van der Waals surface area contributed by atoms with Crippen molar-refractivity contribution in [1.82, 2.24) is 9.21 Å². The average molecular weight is 457 g/mol. The number of halogens is 1. The van der Waals surface area contributed by atoms with Crippen LogP contribution in [0, 0.1) is 0 Å². The Hall–Kier alpha value is -2.67. The quantitative estimate of drug-likeness (QED) is 0.481. The first-order valence-corrected chi connectivity index (χ1v) is 12.1. The highest BCUT2D eigenvalue weighted by Crippen LogP contribution is 2.19. The minimum Gasteiger partial charge on any atom is -0.333 e. The second kappa shape index (κ2) is 10.6. The predicted molar refractivity (Wildman–Crippen MR) is 124 cm³/mol. The normalized spacial score (nSPS) is 11.5. The van der Waals surface area contributed by atoms with E-state index in [9.17, 15) is 13.2 Å². The lowest BCUT2D eigenvalue weighted by Crippen LogP contribution is -2.41. The Kier molecular flexibility index (Phi) is 7.85. The molecule has 0 aliphatic rings. The van der Waals surface area contributed by atoms with Gasteiger partial charge >= 0.3 is 0 Å². The molecule has 5 nitrogen and oxygen atoms in total. The average Bonchev–Trinajstić information content (AvgIpc) is 2.75. The lowest BCUT2D eigenvalue weighted by atomic mass is 10.1. The zero-order chi connectivity index (χ0) is 22.3. The molecule has 0 aliphatic carbocycles. The number of nitrogens with zero attached hydrogens (tertiary/aromatic N) is 2. The molecule has 0 bridgehead atoms. The topological polar surface area (TPSA) is 57.7 Å². The van der Waals surface area contributed by atoms with E-state index in [1.54, 1.807) is 29.2 Å². The third kappa shape index (κ3) is 6.92. The molecule has 0 atom stereocenters. The van der Waals surface area contributed by atoms with Crippen LogP contribution in [0.2, 0.25) is 5.02 Å². The zero-order valence-electron chi connectivity index (χ0n) is 17.3. The van der Waals surface area contributed by atoms with Crippen molar-refractivity contribution < 1.29 is 13.2 Å². The molecule has 162 valence electrons. The minimum absolute atomic E-state index is 0.0365. The number of sulfonamides is 1. The number of carbonyl (C=O) groups excluding carboxylic acids is 1. The number of hydrogen-bond acceptors (Lipinski definition) is 3. The van der Waals surface area contributed by atoms with Crippen LogP contribution in [0.25, 0.3) is 0 Å². The van der Waals surface area contributed by atoms with Gasteiger partial charge in [-0.05, 0) is 22.8 Å². The SMILES string of the molecule is CS(=O)(=O)N(CC(=O)N(Cc1ccccc1)Cc1ccccc1)Cc1ccccc1Cl. The molecule has 31 heavy (non-hydrogen) atoms. The van der Waals surface area contributed by atoms with Crippen LogP contribution in [-0.2, 0) is 34.5 Å². The van der Waals surface area contributed by atoms with Crippen LogP contribution in [0.4, 0.5) is 0 Å². The van der Waals surface area contributed by atoms with Crippen molar-refractivity contribution >= 4 is 27.5 Å². The van der Waals surface area contributed by atoms with Gasteiger partial charge in [0.2, 0.25) is 15.9 Å². The van der Waals surface area contributed by atoms with Gasteiger partial charge in [0.1, 0.15) is 0 Å². The molecule has 3 aromatic rings. The fraction of sp³-hybridized carbons (Fsp3) is 0.208. The molecule has 1 amide bonds. The summed E-state index contributed by atoms with van der Waals surface area (Å²) in [7, 11) is -3.63. The number of benzene rings is 3. The number of hydrogen-bond donors (Lipinski definition) is 0. The van der Waals surface area contributed by atoms with Crippen LogP contribution in [0.1, 0.15) is 16.7 Å². The summed E-state index contributed by atoms with van der Waals surface area (Å²) in [5, 5.41) is 0.467. The van der Waals surface area contributed by atoms with Crippen molar-refractivity contribution in [2.75, 3.05) is 12.8 Å². The van der Waals surface area contributed by atoms with Crippen LogP contribution in [0.3, 0.4) is 0 Å². The molecule has 0 N–H and O–H groups in total. The first kappa shape index (κ1) is 23.0. The van der Waals surface area contributed by atoms with Gasteiger partial charge in [0.25, 0.3) is 0 Å². The predicted octanol–water partition coefficient (Wildman–Crippen LogP) is 4.33. The van der Waals surface area contributed by atoms with E-state index in [1.807, 2.05) is 60.7 Å². The maximum atomic E-state index is 13.3. The monoisotopic (exact) mass is 456 g/mol. The van der Waals surface area contributed by atoms with Crippen molar-refractivity contribution in [1.29, 1.82) is 0 Å². The molecule has 0 saturated carbocycles. The van der Waals surface area contributed by atoms with Gasteiger partial charge in [0, 0.05) is 24.7 Å². The summed E-state index contributed by atoms with van der Waals surface area (Å²) in [6.07, 6.45) is 1.11. The van der Waals surface area contributed by atoms with E-state index in [4.69, 9.17) is 11.6 Å². The van der Waals surface area contributed by atoms with E-state index >= 15 is 0 Å². The highest BCUT2D eigenvalue weighted by Gasteiger charge is 2.25. The van der Waals surface area contributed by atoms with Gasteiger partial charge in [0.05, 0.1) is 12.8 Å². The third-order valence-corrected chi connectivity index (χ3v) is 6.44. The fourth-order valence-electron chi connectivity index (χ4n) is 3.20. The molecule has 0 heterocycles. The minimum atomic E-state index is -3.63. The van der Waals surface area contributed by atoms with Crippen LogP contribution in [-0.4, -0.2) is 36.3 Å². The molecule has 0 spiro atoms. The fourth-order valence-corrected chi connectivity index (χ4v) is 4.11. The molecule has 0 fully saturated rings. The first-order chi connectivity index (χ1) is 14.8. The lowest BCUT2D eigenvalue weighted by molar-refractivity contribution is -0.132. The van der Waals surface area contributed by atoms with Crippen LogP contribution >= 0.6 is 11.6 Å². The largest absolute Gasteiger partial charge is 0.333 e. The Morgan fingerprint density at radius 2 is 1.26 bits per heavy atom. The Morgan fingerprint density at radius 1 is 0.774 bits per heavy atom. The van der Waals surface area contributed by atoms with Crippen LogP contribution < -0.4 is 0 Å². The van der Waals surface area contributed by atoms with E-state index in [2.05, 4.69) is 0 Å². The van der Waals surface area contributed by atoms with E-state index in [0.29, 0.717) is 23.7 Å². The highest BCUT2D eigenvalue weighted by atomic mass is 35.5. The van der Waals surface area contributed by atoms with Gasteiger partial charge in [-0.1, -0.05) is 90.5 Å². The van der Waals surface area contributed by atoms with Crippen molar-refractivity contribution in [2.24, 2.45) is 0 Å². The summed E-state index contributed by atoms with van der Waals surface area (Å²) < 4.78 is 26.0. The Bertz CT molecular complexity index is 1060. The Balaban J connectivity index is 1.82. The Morgan fingerprint density at radius 3 is 1.74 bits per heavy atom. The maximum absolute atomic E-state index is 13.3. The third-order valence-electron chi connectivity index (χ3n) is 4.87. The number of carbonyl (C=O) groups is 1. The standard InChI is InChI=1S/C24H25ClN2O3S/c1-31(29,30)27(18-22-14-8-9-15-23(22)25)19-24(28)26(16-20-10-4-2-5-11-20)17-21-12-6-3-7-13-21/h2-15H,16-19H2,1H3. The summed E-state index contributed by atoms with van der Waals surface area (Å²) in [6.45, 7) is 0.551. The molecule has 3 rings (SSSR count). The summed E-state index contributed by atoms with van der Waals surface area (Å²) in [4.78, 5) is 14.9. The first-order valence-electron chi connectivity index (χ1n) is 9.87. The van der Waals surface area contributed by atoms with Gasteiger partial charge in [0.15, 0.2) is 0 Å². The second-order valence-corrected chi connectivity index (χ2v) is 9.73. The summed E-state index contributed by atoms with van der Waals surface area (Å²) in [6, 6.07) is 26.3. The molecular formula is C24H25ClN2O3S. The van der Waals surface area contributed by atoms with Crippen molar-refractivity contribution in [3.63, 3.8) is 0 Å². The lowest BCUT2D eigenvalue weighted by Gasteiger charge is -2.27. The van der Waals surface area contributed by atoms with Crippen LogP contribution in [0.15, 0.2) is 84.9 Å². The molecule has 0 unspecified atom stereocenters. The van der Waals surface area contributed by atoms with Crippen molar-refractivity contribution in [3.8, 4) is 0 Å². The van der Waals surface area contributed by atoms with Gasteiger partial charge in [-0.25, -0.2) is 8.42 Å². The Labute approximate surface area is 188 Å². The maximum Gasteiger partial charge on any atom is 0.238 e. The number of rotatable bonds is 9. The van der Waals surface area contributed by atoms with Gasteiger partial charge in [-0.2, -0.15) is 4.31 Å². The van der Waals surface area contributed by atoms with Crippen LogP contribution in [0.5, 0.6) is 0 Å². The van der Waals surface area contributed by atoms with Crippen molar-refractivity contribution in [3.05, 3.63) is 107 Å². The second-order valence-electron chi connectivity index (χ2n) is 7.34. The van der Waals surface area contributed by atoms with E-state index in [1.165, 1.54) is 4.31 Å². The van der Waals surface area contributed by atoms with E-state index < -0.39 is 10.0 Å². The summed E-state index contributed by atoms with van der Waals surface area (Å²) >= 11 is 6.22. The zero-order valence-corrected chi connectivity index (χ0v) is 18.9. The van der Waals surface area contributed by atoms with E-state index in [-0.39, 0.29) is 19.0 Å². The molecule has 0 aromatic heterocycles. The molecule has 3 aromatic carbocycles. The van der Waals surface area contributed by atoms with Gasteiger partial charge < -0.3 is 4.90 Å². The summed E-state index contributed by atoms with van der Waals surface area (Å²) in [5.41, 5.74) is 2.60. The highest BCUT2D eigenvalue weighted by molar-refractivity contribution is 7.88. The van der Waals surface area contributed by atoms with E-state index in [0.717, 1.165) is 17.4 Å². The molecule has 0 saturated heterocycles. The molecule has 0 radical (unpaired) electrons. The number of amides is 1. The van der Waals surface area contributed by atoms with Gasteiger partial charge in [-0.15, -0.1) is 0 Å². The molecule has 7 heteroatoms. The molecule has 0 aliphatic heterocycles.